The van der Waals surface area contributed by atoms with Gasteiger partial charge in [-0.1, -0.05) is 31.6 Å². The number of ketones is 1. The molecule has 1 rings (SSSR count). The summed E-state index contributed by atoms with van der Waals surface area (Å²) in [5.74, 6) is 0.306. The zero-order valence-corrected chi connectivity index (χ0v) is 6.97. The van der Waals surface area contributed by atoms with E-state index in [-0.39, 0.29) is 0 Å². The third-order valence-corrected chi connectivity index (χ3v) is 1.81. The third kappa shape index (κ3) is 2.34. The lowest BCUT2D eigenvalue weighted by Crippen LogP contribution is -2.03. The van der Waals surface area contributed by atoms with Gasteiger partial charge in [-0.3, -0.25) is 4.79 Å². The van der Waals surface area contributed by atoms with Crippen LogP contribution in [0.5, 0.6) is 0 Å². The molecule has 1 nitrogen and oxygen atoms in total. The van der Waals surface area contributed by atoms with Gasteiger partial charge in [0.2, 0.25) is 0 Å². The summed E-state index contributed by atoms with van der Waals surface area (Å²) in [6.07, 6.45) is 9.81. The molecule has 0 unspecified atom stereocenters. The molecule has 0 fully saturated rings. The molecule has 0 N–H and O–H groups in total. The van der Waals surface area contributed by atoms with Crippen molar-refractivity contribution in [3.05, 3.63) is 23.8 Å². The SMILES string of the molecule is CCCC=C1C=CCCC1=O. The summed E-state index contributed by atoms with van der Waals surface area (Å²) in [4.78, 5) is 11.2. The molecule has 0 aromatic carbocycles. The first kappa shape index (κ1) is 8.25. The van der Waals surface area contributed by atoms with Crippen LogP contribution in [-0.4, -0.2) is 5.78 Å². The van der Waals surface area contributed by atoms with E-state index in [4.69, 9.17) is 0 Å². The first-order valence-electron chi connectivity index (χ1n) is 4.24. The number of Topliss-reactive ketones (excluding diaryl/α,β-unsaturated/α-hetero) is 1. The summed E-state index contributed by atoms with van der Waals surface area (Å²) in [7, 11) is 0. The molecule has 0 aromatic rings. The highest BCUT2D eigenvalue weighted by Crippen LogP contribution is 2.13. The Morgan fingerprint density at radius 1 is 1.64 bits per heavy atom. The number of rotatable bonds is 2. The maximum Gasteiger partial charge on any atom is 0.162 e. The highest BCUT2D eigenvalue weighted by molar-refractivity contribution is 5.98. The summed E-state index contributed by atoms with van der Waals surface area (Å²) in [5, 5.41) is 0. The van der Waals surface area contributed by atoms with Crippen molar-refractivity contribution in [2.75, 3.05) is 0 Å². The highest BCUT2D eigenvalue weighted by Gasteiger charge is 2.08. The minimum Gasteiger partial charge on any atom is -0.294 e. The van der Waals surface area contributed by atoms with Gasteiger partial charge in [0, 0.05) is 12.0 Å². The van der Waals surface area contributed by atoms with Gasteiger partial charge in [-0.15, -0.1) is 0 Å². The Labute approximate surface area is 67.8 Å². The molecule has 60 valence electrons. The average molecular weight is 150 g/mol. The Kier molecular flexibility index (Phi) is 3.09. The van der Waals surface area contributed by atoms with Crippen LogP contribution in [0.2, 0.25) is 0 Å². The molecule has 0 saturated heterocycles. The van der Waals surface area contributed by atoms with Gasteiger partial charge in [0.1, 0.15) is 0 Å². The molecule has 0 aromatic heterocycles. The van der Waals surface area contributed by atoms with Crippen molar-refractivity contribution in [2.45, 2.75) is 32.6 Å². The predicted octanol–water partition coefficient (Wildman–Crippen LogP) is 2.63. The van der Waals surface area contributed by atoms with Crippen molar-refractivity contribution in [3.63, 3.8) is 0 Å². The Bertz CT molecular complexity index is 199. The number of carbonyl (C=O) groups is 1. The molecule has 1 aliphatic carbocycles. The van der Waals surface area contributed by atoms with Crippen LogP contribution in [-0.2, 0) is 4.79 Å². The zero-order chi connectivity index (χ0) is 8.10. The second-order valence-corrected chi connectivity index (χ2v) is 2.81. The van der Waals surface area contributed by atoms with Gasteiger partial charge in [-0.25, -0.2) is 0 Å². The lowest BCUT2D eigenvalue weighted by Gasteiger charge is -2.04. The fourth-order valence-electron chi connectivity index (χ4n) is 1.14. The van der Waals surface area contributed by atoms with E-state index in [1.807, 2.05) is 12.2 Å². The van der Waals surface area contributed by atoms with Gasteiger partial charge in [0.05, 0.1) is 0 Å². The van der Waals surface area contributed by atoms with Crippen LogP contribution in [0.25, 0.3) is 0 Å². The fraction of sp³-hybridized carbons (Fsp3) is 0.500. The van der Waals surface area contributed by atoms with Crippen LogP contribution in [0, 0.1) is 0 Å². The van der Waals surface area contributed by atoms with Crippen molar-refractivity contribution in [1.82, 2.24) is 0 Å². The van der Waals surface area contributed by atoms with Gasteiger partial charge in [0.15, 0.2) is 5.78 Å². The van der Waals surface area contributed by atoms with Crippen molar-refractivity contribution in [1.29, 1.82) is 0 Å². The first-order valence-corrected chi connectivity index (χ1v) is 4.24. The Hall–Kier alpha value is -0.850. The largest absolute Gasteiger partial charge is 0.294 e. The standard InChI is InChI=1S/C10H14O/c1-2-3-6-9-7-4-5-8-10(9)11/h4,6-7H,2-3,5,8H2,1H3. The van der Waals surface area contributed by atoms with E-state index in [1.165, 1.54) is 0 Å². The summed E-state index contributed by atoms with van der Waals surface area (Å²) < 4.78 is 0. The number of allylic oxidation sites excluding steroid dienone is 4. The topological polar surface area (TPSA) is 17.1 Å². The van der Waals surface area contributed by atoms with E-state index < -0.39 is 0 Å². The Morgan fingerprint density at radius 2 is 2.45 bits per heavy atom. The van der Waals surface area contributed by atoms with Crippen molar-refractivity contribution in [2.24, 2.45) is 0 Å². The van der Waals surface area contributed by atoms with Crippen LogP contribution < -0.4 is 0 Å². The van der Waals surface area contributed by atoms with Gasteiger partial charge < -0.3 is 0 Å². The number of carbonyl (C=O) groups excluding carboxylic acids is 1. The van der Waals surface area contributed by atoms with Gasteiger partial charge >= 0.3 is 0 Å². The maximum atomic E-state index is 11.2. The number of unbranched alkanes of at least 4 members (excludes halogenated alkanes) is 1. The van der Waals surface area contributed by atoms with Gasteiger partial charge in [-0.2, -0.15) is 0 Å². The van der Waals surface area contributed by atoms with Crippen molar-refractivity contribution >= 4 is 5.78 Å². The van der Waals surface area contributed by atoms with E-state index in [9.17, 15) is 4.79 Å². The smallest absolute Gasteiger partial charge is 0.162 e. The molecule has 0 heterocycles. The molecule has 0 saturated carbocycles. The number of hydrogen-bond donors (Lipinski definition) is 0. The molecule has 11 heavy (non-hydrogen) atoms. The third-order valence-electron chi connectivity index (χ3n) is 1.81. The lowest BCUT2D eigenvalue weighted by atomic mass is 9.99. The fourth-order valence-corrected chi connectivity index (χ4v) is 1.14. The first-order chi connectivity index (χ1) is 5.34. The zero-order valence-electron chi connectivity index (χ0n) is 6.97. The second kappa shape index (κ2) is 4.12. The Balaban J connectivity index is 2.60. The van der Waals surface area contributed by atoms with Crippen molar-refractivity contribution < 1.29 is 4.79 Å². The predicted molar refractivity (Wildman–Crippen MR) is 46.4 cm³/mol. The molecule has 0 radical (unpaired) electrons. The van der Waals surface area contributed by atoms with E-state index >= 15 is 0 Å². The summed E-state index contributed by atoms with van der Waals surface area (Å²) >= 11 is 0. The van der Waals surface area contributed by atoms with Crippen LogP contribution >= 0.6 is 0 Å². The minimum atomic E-state index is 0.306. The highest BCUT2D eigenvalue weighted by atomic mass is 16.1. The van der Waals surface area contributed by atoms with E-state index in [0.29, 0.717) is 12.2 Å². The van der Waals surface area contributed by atoms with E-state index in [0.717, 1.165) is 24.8 Å². The molecule has 0 aliphatic heterocycles. The summed E-state index contributed by atoms with van der Waals surface area (Å²) in [5.41, 5.74) is 0.915. The average Bonchev–Trinajstić information content (AvgIpc) is 2.03. The second-order valence-electron chi connectivity index (χ2n) is 2.81. The minimum absolute atomic E-state index is 0.306. The molecule has 1 aliphatic rings. The monoisotopic (exact) mass is 150 g/mol. The van der Waals surface area contributed by atoms with E-state index in [1.54, 1.807) is 0 Å². The molecule has 1 heteroatoms. The van der Waals surface area contributed by atoms with E-state index in [2.05, 4.69) is 13.0 Å². The molecule has 0 bridgehead atoms. The summed E-state index contributed by atoms with van der Waals surface area (Å²) in [6.45, 7) is 2.12. The maximum absolute atomic E-state index is 11.2. The quantitative estimate of drug-likeness (QED) is 0.553. The Morgan fingerprint density at radius 3 is 3.09 bits per heavy atom. The van der Waals surface area contributed by atoms with Crippen LogP contribution in [0.15, 0.2) is 23.8 Å². The summed E-state index contributed by atoms with van der Waals surface area (Å²) in [6, 6.07) is 0. The lowest BCUT2D eigenvalue weighted by molar-refractivity contribution is -0.115. The molecular weight excluding hydrogens is 136 g/mol. The molecule has 0 atom stereocenters. The van der Waals surface area contributed by atoms with Crippen LogP contribution in [0.4, 0.5) is 0 Å². The molecule has 0 spiro atoms. The number of hydrogen-bond acceptors (Lipinski definition) is 1. The van der Waals surface area contributed by atoms with Crippen LogP contribution in [0.3, 0.4) is 0 Å². The van der Waals surface area contributed by atoms with Crippen molar-refractivity contribution in [3.8, 4) is 0 Å². The van der Waals surface area contributed by atoms with Crippen LogP contribution in [0.1, 0.15) is 32.6 Å². The molecule has 0 amide bonds. The molecular formula is C10H14O. The van der Waals surface area contributed by atoms with Gasteiger partial charge in [-0.05, 0) is 12.8 Å². The van der Waals surface area contributed by atoms with Gasteiger partial charge in [0.25, 0.3) is 0 Å². The normalized spacial score (nSPS) is 21.2.